The number of aryl methyl sites for hydroxylation is 1. The number of carbonyl (C=O) groups is 1. The van der Waals surface area contributed by atoms with Crippen LogP contribution in [0.3, 0.4) is 0 Å². The van der Waals surface area contributed by atoms with Crippen molar-refractivity contribution in [3.8, 4) is 11.4 Å². The average Bonchev–Trinajstić information content (AvgIpc) is 3.29. The lowest BCUT2D eigenvalue weighted by Crippen LogP contribution is -2.33. The summed E-state index contributed by atoms with van der Waals surface area (Å²) in [6.45, 7) is 6.22. The Morgan fingerprint density at radius 2 is 2.22 bits per heavy atom. The summed E-state index contributed by atoms with van der Waals surface area (Å²) >= 11 is 0. The lowest BCUT2D eigenvalue weighted by atomic mass is 9.98. The zero-order valence-electron chi connectivity index (χ0n) is 13.9. The van der Waals surface area contributed by atoms with Gasteiger partial charge < -0.3 is 9.84 Å². The second kappa shape index (κ2) is 6.52. The van der Waals surface area contributed by atoms with E-state index in [4.69, 9.17) is 4.52 Å². The lowest BCUT2D eigenvalue weighted by Gasteiger charge is -2.20. The number of hydrogen-bond acceptors (Lipinski definition) is 4. The van der Waals surface area contributed by atoms with Crippen molar-refractivity contribution in [1.29, 1.82) is 0 Å². The van der Waals surface area contributed by atoms with Crippen LogP contribution in [0.2, 0.25) is 0 Å². The molecule has 1 aliphatic rings. The van der Waals surface area contributed by atoms with Crippen molar-refractivity contribution in [2.75, 3.05) is 0 Å². The Labute approximate surface area is 136 Å². The Hall–Kier alpha value is -2.17. The van der Waals surface area contributed by atoms with Crippen molar-refractivity contribution >= 4 is 5.91 Å². The number of aromatic nitrogens is 2. The molecule has 1 aromatic heterocycles. The highest BCUT2D eigenvalue weighted by atomic mass is 16.5. The third-order valence-electron chi connectivity index (χ3n) is 4.44. The second-order valence-electron chi connectivity index (χ2n) is 6.47. The van der Waals surface area contributed by atoms with E-state index in [-0.39, 0.29) is 23.8 Å². The minimum Gasteiger partial charge on any atom is -0.344 e. The first-order valence-electron chi connectivity index (χ1n) is 8.29. The van der Waals surface area contributed by atoms with E-state index in [1.807, 2.05) is 31.2 Å². The Kier molecular flexibility index (Phi) is 4.46. The first-order valence-corrected chi connectivity index (χ1v) is 8.29. The molecule has 1 saturated carbocycles. The highest BCUT2D eigenvalue weighted by Gasteiger charge is 2.34. The van der Waals surface area contributed by atoms with Crippen molar-refractivity contribution < 1.29 is 9.32 Å². The van der Waals surface area contributed by atoms with Crippen LogP contribution in [-0.2, 0) is 4.79 Å². The van der Waals surface area contributed by atoms with Crippen LogP contribution in [0.4, 0.5) is 0 Å². The number of nitrogens with one attached hydrogen (secondary N) is 1. The molecule has 2 aromatic rings. The SMILES string of the molecule is CC[C@@H](C)[C@@H](NC(=O)C1CC1)c1nc(-c2cccc(C)c2)no1. The molecule has 2 atom stereocenters. The molecule has 1 N–H and O–H groups in total. The maximum Gasteiger partial charge on any atom is 0.249 e. The predicted molar refractivity (Wildman–Crippen MR) is 87.5 cm³/mol. The summed E-state index contributed by atoms with van der Waals surface area (Å²) in [5, 5.41) is 7.18. The van der Waals surface area contributed by atoms with Crippen LogP contribution < -0.4 is 5.32 Å². The van der Waals surface area contributed by atoms with Gasteiger partial charge in [0.05, 0.1) is 0 Å². The largest absolute Gasteiger partial charge is 0.344 e. The van der Waals surface area contributed by atoms with Crippen LogP contribution in [0.15, 0.2) is 28.8 Å². The number of carbonyl (C=O) groups excluding carboxylic acids is 1. The zero-order valence-corrected chi connectivity index (χ0v) is 13.9. The topological polar surface area (TPSA) is 68.0 Å². The Morgan fingerprint density at radius 1 is 1.43 bits per heavy atom. The van der Waals surface area contributed by atoms with Gasteiger partial charge in [0.2, 0.25) is 17.6 Å². The molecule has 0 radical (unpaired) electrons. The van der Waals surface area contributed by atoms with E-state index in [0.29, 0.717) is 11.7 Å². The normalized spacial score (nSPS) is 16.8. The van der Waals surface area contributed by atoms with Gasteiger partial charge in [-0.1, -0.05) is 49.2 Å². The van der Waals surface area contributed by atoms with Gasteiger partial charge >= 0.3 is 0 Å². The number of benzene rings is 1. The average molecular weight is 313 g/mol. The zero-order chi connectivity index (χ0) is 16.4. The molecule has 0 aliphatic heterocycles. The molecular formula is C18H23N3O2. The van der Waals surface area contributed by atoms with Crippen molar-refractivity contribution in [1.82, 2.24) is 15.5 Å². The van der Waals surface area contributed by atoms with Gasteiger partial charge in [0.25, 0.3) is 0 Å². The Balaban J connectivity index is 1.83. The molecule has 23 heavy (non-hydrogen) atoms. The molecule has 0 spiro atoms. The van der Waals surface area contributed by atoms with E-state index < -0.39 is 0 Å². The predicted octanol–water partition coefficient (Wildman–Crippen LogP) is 3.66. The first-order chi connectivity index (χ1) is 11.1. The second-order valence-corrected chi connectivity index (χ2v) is 6.47. The fourth-order valence-electron chi connectivity index (χ4n) is 2.56. The van der Waals surface area contributed by atoms with Gasteiger partial charge in [-0.2, -0.15) is 4.98 Å². The van der Waals surface area contributed by atoms with Crippen molar-refractivity contribution in [3.05, 3.63) is 35.7 Å². The smallest absolute Gasteiger partial charge is 0.249 e. The van der Waals surface area contributed by atoms with E-state index in [2.05, 4.69) is 29.3 Å². The molecule has 5 nitrogen and oxygen atoms in total. The summed E-state index contributed by atoms with van der Waals surface area (Å²) in [5.74, 6) is 1.57. The third kappa shape index (κ3) is 3.60. The van der Waals surface area contributed by atoms with Crippen LogP contribution in [-0.4, -0.2) is 16.0 Å². The van der Waals surface area contributed by atoms with Gasteiger partial charge in [-0.05, 0) is 31.7 Å². The summed E-state index contributed by atoms with van der Waals surface area (Å²) in [4.78, 5) is 16.7. The van der Waals surface area contributed by atoms with Gasteiger partial charge in [-0.15, -0.1) is 0 Å². The van der Waals surface area contributed by atoms with Crippen molar-refractivity contribution in [2.24, 2.45) is 11.8 Å². The molecule has 122 valence electrons. The first kappa shape index (κ1) is 15.7. The number of rotatable bonds is 6. The molecule has 1 fully saturated rings. The van der Waals surface area contributed by atoms with E-state index in [1.165, 1.54) is 0 Å². The number of nitrogens with zero attached hydrogens (tertiary/aromatic N) is 2. The molecule has 0 unspecified atom stereocenters. The molecule has 0 bridgehead atoms. The lowest BCUT2D eigenvalue weighted by molar-refractivity contribution is -0.123. The van der Waals surface area contributed by atoms with E-state index in [1.54, 1.807) is 0 Å². The fourth-order valence-corrected chi connectivity index (χ4v) is 2.56. The summed E-state index contributed by atoms with van der Waals surface area (Å²) in [5.41, 5.74) is 2.07. The van der Waals surface area contributed by atoms with E-state index in [9.17, 15) is 4.79 Å². The van der Waals surface area contributed by atoms with Crippen molar-refractivity contribution in [2.45, 2.75) is 46.1 Å². The van der Waals surface area contributed by atoms with Crippen LogP contribution in [0.25, 0.3) is 11.4 Å². The molecule has 1 aromatic carbocycles. The van der Waals surface area contributed by atoms with E-state index >= 15 is 0 Å². The van der Waals surface area contributed by atoms with E-state index in [0.717, 1.165) is 30.4 Å². The van der Waals surface area contributed by atoms with Gasteiger partial charge in [-0.25, -0.2) is 0 Å². The third-order valence-corrected chi connectivity index (χ3v) is 4.44. The fraction of sp³-hybridized carbons (Fsp3) is 0.500. The molecule has 3 rings (SSSR count). The van der Waals surface area contributed by atoms with Gasteiger partial charge in [0.1, 0.15) is 6.04 Å². The molecule has 0 saturated heterocycles. The molecule has 1 aliphatic carbocycles. The minimum atomic E-state index is -0.223. The van der Waals surface area contributed by atoms with Crippen LogP contribution in [0.1, 0.15) is 50.6 Å². The van der Waals surface area contributed by atoms with Gasteiger partial charge in [0.15, 0.2) is 0 Å². The minimum absolute atomic E-state index is 0.102. The Morgan fingerprint density at radius 3 is 2.87 bits per heavy atom. The summed E-state index contributed by atoms with van der Waals surface area (Å²) in [6, 6.07) is 7.77. The maximum absolute atomic E-state index is 12.1. The van der Waals surface area contributed by atoms with Gasteiger partial charge in [-0.3, -0.25) is 4.79 Å². The maximum atomic E-state index is 12.1. The molecule has 5 heteroatoms. The highest BCUT2D eigenvalue weighted by Crippen LogP contribution is 2.32. The quantitative estimate of drug-likeness (QED) is 0.883. The van der Waals surface area contributed by atoms with Crippen molar-refractivity contribution in [3.63, 3.8) is 0 Å². The van der Waals surface area contributed by atoms with Crippen LogP contribution in [0.5, 0.6) is 0 Å². The standard InChI is InChI=1S/C18H23N3O2/c1-4-12(3)15(19-17(22)13-8-9-13)18-20-16(21-23-18)14-7-5-6-11(2)10-14/h5-7,10,12-13,15H,4,8-9H2,1-3H3,(H,19,22)/t12-,15-/m1/s1. The summed E-state index contributed by atoms with van der Waals surface area (Å²) in [7, 11) is 0. The Bertz CT molecular complexity index is 691. The molecule has 1 amide bonds. The monoisotopic (exact) mass is 313 g/mol. The van der Waals surface area contributed by atoms with Crippen LogP contribution >= 0.6 is 0 Å². The molecule has 1 heterocycles. The summed E-state index contributed by atoms with van der Waals surface area (Å²) < 4.78 is 5.47. The number of amides is 1. The van der Waals surface area contributed by atoms with Gasteiger partial charge in [0, 0.05) is 11.5 Å². The van der Waals surface area contributed by atoms with Crippen LogP contribution in [0, 0.1) is 18.8 Å². The highest BCUT2D eigenvalue weighted by molar-refractivity contribution is 5.81. The molecular weight excluding hydrogens is 290 g/mol. The summed E-state index contributed by atoms with van der Waals surface area (Å²) in [6.07, 6.45) is 2.90. The number of hydrogen-bond donors (Lipinski definition) is 1.